The standard InChI is InChI=1S/C22H28FN3O4/c1-20(2,3)30-19(28)26-21-8-10-22(11-9-21,29-13-21)7-6-14-15(23)12-24-16-4-5-17(27)25-18(14)16/h4-5,12H,6-11,13H2,1-3H3,(H,25,27)(H,26,28). The summed E-state index contributed by atoms with van der Waals surface area (Å²) in [6.07, 6.45) is 5.02. The van der Waals surface area contributed by atoms with Gasteiger partial charge in [-0.1, -0.05) is 0 Å². The van der Waals surface area contributed by atoms with Crippen molar-refractivity contribution in [2.24, 2.45) is 0 Å². The van der Waals surface area contributed by atoms with Gasteiger partial charge < -0.3 is 19.9 Å². The highest BCUT2D eigenvalue weighted by atomic mass is 19.1. The average Bonchev–Trinajstić information content (AvgIpc) is 2.67. The van der Waals surface area contributed by atoms with Gasteiger partial charge in [0.05, 0.1) is 35.0 Å². The summed E-state index contributed by atoms with van der Waals surface area (Å²) < 4.78 is 26.1. The van der Waals surface area contributed by atoms with Gasteiger partial charge in [0.2, 0.25) is 5.88 Å². The van der Waals surface area contributed by atoms with Crippen LogP contribution in [0.4, 0.5) is 9.18 Å². The second-order valence-electron chi connectivity index (χ2n) is 9.50. The molecule has 2 saturated heterocycles. The Hall–Kier alpha value is -2.48. The van der Waals surface area contributed by atoms with E-state index in [1.165, 1.54) is 12.3 Å². The molecule has 0 unspecified atom stereocenters. The van der Waals surface area contributed by atoms with Gasteiger partial charge in [0, 0.05) is 11.6 Å². The molecule has 1 aliphatic carbocycles. The first-order valence-corrected chi connectivity index (χ1v) is 10.4. The van der Waals surface area contributed by atoms with Gasteiger partial charge in [-0.3, -0.25) is 4.98 Å². The Morgan fingerprint density at radius 1 is 1.30 bits per heavy atom. The predicted octanol–water partition coefficient (Wildman–Crippen LogP) is 4.01. The molecule has 162 valence electrons. The Bertz CT molecular complexity index is 943. The number of aromatic hydroxyl groups is 1. The Morgan fingerprint density at radius 2 is 2.03 bits per heavy atom. The quantitative estimate of drug-likeness (QED) is 0.781. The van der Waals surface area contributed by atoms with E-state index < -0.39 is 23.1 Å². The molecule has 0 spiro atoms. The van der Waals surface area contributed by atoms with Crippen LogP contribution in [0.5, 0.6) is 5.88 Å². The van der Waals surface area contributed by atoms with Crippen LogP contribution < -0.4 is 5.32 Å². The molecular formula is C22H28FN3O4. The van der Waals surface area contributed by atoms with E-state index in [1.54, 1.807) is 6.07 Å². The summed E-state index contributed by atoms with van der Waals surface area (Å²) in [4.78, 5) is 20.4. The van der Waals surface area contributed by atoms with Crippen LogP contribution in [-0.2, 0) is 15.9 Å². The molecule has 3 aliphatic rings. The molecule has 1 saturated carbocycles. The largest absolute Gasteiger partial charge is 0.493 e. The highest BCUT2D eigenvalue weighted by Crippen LogP contribution is 2.46. The minimum absolute atomic E-state index is 0.154. The van der Waals surface area contributed by atoms with Crippen LogP contribution in [0.15, 0.2) is 18.3 Å². The number of halogens is 1. The van der Waals surface area contributed by atoms with E-state index in [0.717, 1.165) is 25.7 Å². The van der Waals surface area contributed by atoms with Crippen molar-refractivity contribution in [3.05, 3.63) is 29.7 Å². The maximum atomic E-state index is 14.5. The van der Waals surface area contributed by atoms with Gasteiger partial charge in [0.25, 0.3) is 0 Å². The van der Waals surface area contributed by atoms with Crippen molar-refractivity contribution in [1.82, 2.24) is 15.3 Å². The fourth-order valence-corrected chi connectivity index (χ4v) is 4.44. The fraction of sp³-hybridized carbons (Fsp3) is 0.591. The Kier molecular flexibility index (Phi) is 5.08. The van der Waals surface area contributed by atoms with Gasteiger partial charge in [-0.05, 0) is 65.4 Å². The lowest BCUT2D eigenvalue weighted by atomic mass is 9.69. The van der Waals surface area contributed by atoms with Crippen LogP contribution in [0.1, 0.15) is 58.4 Å². The molecule has 2 N–H and O–H groups in total. The van der Waals surface area contributed by atoms with Crippen LogP contribution in [0.2, 0.25) is 0 Å². The molecular weight excluding hydrogens is 389 g/mol. The van der Waals surface area contributed by atoms with Gasteiger partial charge >= 0.3 is 6.09 Å². The number of ether oxygens (including phenoxy) is 2. The fourth-order valence-electron chi connectivity index (χ4n) is 4.44. The first-order valence-electron chi connectivity index (χ1n) is 10.4. The zero-order valence-electron chi connectivity index (χ0n) is 17.6. The van der Waals surface area contributed by atoms with E-state index in [4.69, 9.17) is 9.47 Å². The number of rotatable bonds is 4. The third kappa shape index (κ3) is 4.19. The monoisotopic (exact) mass is 417 g/mol. The van der Waals surface area contributed by atoms with Gasteiger partial charge in [0.15, 0.2) is 0 Å². The van der Waals surface area contributed by atoms with Gasteiger partial charge in [0.1, 0.15) is 11.4 Å². The van der Waals surface area contributed by atoms with E-state index in [1.807, 2.05) is 20.8 Å². The summed E-state index contributed by atoms with van der Waals surface area (Å²) in [7, 11) is 0. The maximum Gasteiger partial charge on any atom is 0.408 e. The zero-order chi connectivity index (χ0) is 21.6. The molecule has 2 aliphatic heterocycles. The minimum atomic E-state index is -0.547. The number of amides is 1. The van der Waals surface area contributed by atoms with Gasteiger partial charge in [-0.15, -0.1) is 0 Å². The van der Waals surface area contributed by atoms with Crippen molar-refractivity contribution in [3.8, 4) is 5.88 Å². The average molecular weight is 417 g/mol. The molecule has 0 radical (unpaired) electrons. The summed E-state index contributed by atoms with van der Waals surface area (Å²) in [6.45, 7) is 5.93. The molecule has 0 aromatic carbocycles. The summed E-state index contributed by atoms with van der Waals surface area (Å²) in [6, 6.07) is 3.08. The van der Waals surface area contributed by atoms with Gasteiger partial charge in [-0.25, -0.2) is 14.2 Å². The summed E-state index contributed by atoms with van der Waals surface area (Å²) in [5, 5.41) is 12.7. The van der Waals surface area contributed by atoms with E-state index in [0.29, 0.717) is 36.0 Å². The zero-order valence-corrected chi connectivity index (χ0v) is 17.6. The SMILES string of the molecule is CC(C)(C)OC(=O)NC12CCC(CCc3c(F)cnc4ccc(O)nc34)(CC1)OC2. The van der Waals surface area contributed by atoms with Crippen molar-refractivity contribution in [1.29, 1.82) is 0 Å². The lowest BCUT2D eigenvalue weighted by molar-refractivity contribution is -0.163. The molecule has 4 heterocycles. The number of aromatic nitrogens is 2. The van der Waals surface area contributed by atoms with Gasteiger partial charge in [-0.2, -0.15) is 0 Å². The van der Waals surface area contributed by atoms with E-state index in [9.17, 15) is 14.3 Å². The minimum Gasteiger partial charge on any atom is -0.493 e. The number of hydrogen-bond acceptors (Lipinski definition) is 6. The van der Waals surface area contributed by atoms with Crippen LogP contribution >= 0.6 is 0 Å². The third-order valence-corrected chi connectivity index (χ3v) is 6.12. The predicted molar refractivity (Wildman–Crippen MR) is 109 cm³/mol. The molecule has 5 rings (SSSR count). The van der Waals surface area contributed by atoms with Crippen molar-refractivity contribution in [3.63, 3.8) is 0 Å². The van der Waals surface area contributed by atoms with Crippen LogP contribution in [0, 0.1) is 5.82 Å². The van der Waals surface area contributed by atoms with Crippen molar-refractivity contribution in [2.75, 3.05) is 6.61 Å². The number of nitrogens with one attached hydrogen (secondary N) is 1. The van der Waals surface area contributed by atoms with Crippen LogP contribution in [0.3, 0.4) is 0 Å². The molecule has 0 atom stereocenters. The molecule has 7 nitrogen and oxygen atoms in total. The second-order valence-corrected chi connectivity index (χ2v) is 9.50. The highest BCUT2D eigenvalue weighted by Gasteiger charge is 2.50. The number of carbonyl (C=O) groups excluding carboxylic acids is 1. The van der Waals surface area contributed by atoms with Crippen LogP contribution in [0.25, 0.3) is 11.0 Å². The van der Waals surface area contributed by atoms with Crippen molar-refractivity contribution < 1.29 is 23.8 Å². The lowest BCUT2D eigenvalue weighted by Gasteiger charge is -2.53. The number of pyridine rings is 2. The molecule has 2 aromatic heterocycles. The molecule has 1 amide bonds. The van der Waals surface area contributed by atoms with E-state index in [2.05, 4.69) is 15.3 Å². The number of alkyl carbamates (subject to hydrolysis) is 1. The Balaban J connectivity index is 1.43. The molecule has 2 aromatic rings. The number of aryl methyl sites for hydroxylation is 1. The number of fused-ring (bicyclic) bond motifs is 4. The summed E-state index contributed by atoms with van der Waals surface area (Å²) >= 11 is 0. The second kappa shape index (κ2) is 7.34. The molecule has 30 heavy (non-hydrogen) atoms. The summed E-state index contributed by atoms with van der Waals surface area (Å²) in [5.74, 6) is -0.580. The van der Waals surface area contributed by atoms with Crippen molar-refractivity contribution >= 4 is 17.1 Å². The van der Waals surface area contributed by atoms with Crippen molar-refractivity contribution in [2.45, 2.75) is 76.0 Å². The first-order chi connectivity index (χ1) is 14.1. The number of carbonyl (C=O) groups is 1. The molecule has 8 heteroatoms. The highest BCUT2D eigenvalue weighted by molar-refractivity contribution is 5.78. The summed E-state index contributed by atoms with van der Waals surface area (Å²) in [5.41, 5.74) is 0.106. The van der Waals surface area contributed by atoms with Crippen LogP contribution in [-0.4, -0.2) is 44.5 Å². The topological polar surface area (TPSA) is 93.6 Å². The molecule has 2 bridgehead atoms. The lowest BCUT2D eigenvalue weighted by Crippen LogP contribution is -2.63. The Morgan fingerprint density at radius 3 is 2.67 bits per heavy atom. The number of nitrogens with zero attached hydrogens (tertiary/aromatic N) is 2. The normalized spacial score (nSPS) is 26.0. The smallest absolute Gasteiger partial charge is 0.408 e. The molecule has 3 fully saturated rings. The maximum absolute atomic E-state index is 14.5. The Labute approximate surface area is 175 Å². The number of hydrogen-bond donors (Lipinski definition) is 2. The van der Waals surface area contributed by atoms with E-state index >= 15 is 0 Å². The third-order valence-electron chi connectivity index (χ3n) is 6.12. The first kappa shape index (κ1) is 20.8. The van der Waals surface area contributed by atoms with E-state index in [-0.39, 0.29) is 11.5 Å².